The Hall–Kier alpha value is -1.06. The first-order chi connectivity index (χ1) is 8.27. The third kappa shape index (κ3) is 3.45. The second-order valence-electron chi connectivity index (χ2n) is 4.83. The molecule has 1 saturated carbocycles. The molecule has 1 aliphatic rings. The lowest BCUT2D eigenvalue weighted by atomic mass is 9.95. The van der Waals surface area contributed by atoms with E-state index in [-0.39, 0.29) is 0 Å². The molecule has 1 aromatic carbocycles. The van der Waals surface area contributed by atoms with Gasteiger partial charge in [0.15, 0.2) is 0 Å². The molecule has 0 aromatic heterocycles. The molecule has 1 fully saturated rings. The van der Waals surface area contributed by atoms with Crippen molar-refractivity contribution in [2.24, 2.45) is 0 Å². The summed E-state index contributed by atoms with van der Waals surface area (Å²) in [5.74, 6) is 0.324. The van der Waals surface area contributed by atoms with Gasteiger partial charge in [0.2, 0.25) is 0 Å². The SMILES string of the molecule is Oc1ccccc1CCN(O)C1CCCCC1. The molecule has 3 nitrogen and oxygen atoms in total. The number of hydrogen-bond donors (Lipinski definition) is 2. The molecular weight excluding hydrogens is 214 g/mol. The lowest BCUT2D eigenvalue weighted by molar-refractivity contribution is -0.133. The van der Waals surface area contributed by atoms with Crippen LogP contribution >= 0.6 is 0 Å². The molecule has 0 saturated heterocycles. The summed E-state index contributed by atoms with van der Waals surface area (Å²) in [6, 6.07) is 7.64. The molecule has 0 heterocycles. The third-order valence-electron chi connectivity index (χ3n) is 3.60. The summed E-state index contributed by atoms with van der Waals surface area (Å²) < 4.78 is 0. The van der Waals surface area contributed by atoms with Crippen LogP contribution in [0.3, 0.4) is 0 Å². The maximum absolute atomic E-state index is 9.98. The third-order valence-corrected chi connectivity index (χ3v) is 3.60. The summed E-state index contributed by atoms with van der Waals surface area (Å²) in [5, 5.41) is 21.1. The first-order valence-electron chi connectivity index (χ1n) is 6.50. The van der Waals surface area contributed by atoms with Crippen molar-refractivity contribution < 1.29 is 10.3 Å². The normalized spacial score (nSPS) is 17.5. The minimum atomic E-state index is 0.314. The van der Waals surface area contributed by atoms with E-state index in [1.54, 1.807) is 6.07 Å². The van der Waals surface area contributed by atoms with Gasteiger partial charge < -0.3 is 10.3 Å². The molecule has 2 N–H and O–H groups in total. The molecule has 0 spiro atoms. The Morgan fingerprint density at radius 1 is 1.12 bits per heavy atom. The van der Waals surface area contributed by atoms with Crippen LogP contribution in [-0.4, -0.2) is 28.0 Å². The van der Waals surface area contributed by atoms with E-state index >= 15 is 0 Å². The van der Waals surface area contributed by atoms with Gasteiger partial charge in [-0.3, -0.25) is 0 Å². The van der Waals surface area contributed by atoms with E-state index in [9.17, 15) is 10.3 Å². The standard InChI is InChI=1S/C14H21NO2/c16-14-9-5-4-6-12(14)10-11-15(17)13-7-2-1-3-8-13/h4-6,9,13,16-17H,1-3,7-8,10-11H2. The van der Waals surface area contributed by atoms with E-state index in [2.05, 4.69) is 0 Å². The van der Waals surface area contributed by atoms with Gasteiger partial charge >= 0.3 is 0 Å². The molecule has 1 aromatic rings. The van der Waals surface area contributed by atoms with Gasteiger partial charge in [-0.2, -0.15) is 5.06 Å². The lowest BCUT2D eigenvalue weighted by Crippen LogP contribution is -2.35. The molecule has 94 valence electrons. The van der Waals surface area contributed by atoms with E-state index < -0.39 is 0 Å². The van der Waals surface area contributed by atoms with Crippen LogP contribution in [0.4, 0.5) is 0 Å². The summed E-state index contributed by atoms with van der Waals surface area (Å²) in [5.41, 5.74) is 0.905. The highest BCUT2D eigenvalue weighted by atomic mass is 16.5. The van der Waals surface area contributed by atoms with Gasteiger partial charge in [-0.25, -0.2) is 0 Å². The Bertz CT molecular complexity index is 348. The zero-order valence-electron chi connectivity index (χ0n) is 10.2. The molecule has 1 aliphatic carbocycles. The quantitative estimate of drug-likeness (QED) is 0.789. The van der Waals surface area contributed by atoms with E-state index in [1.807, 2.05) is 18.2 Å². The molecule has 0 aliphatic heterocycles. The fraction of sp³-hybridized carbons (Fsp3) is 0.571. The van der Waals surface area contributed by atoms with Crippen LogP contribution in [0.5, 0.6) is 5.75 Å². The second kappa shape index (κ2) is 6.03. The van der Waals surface area contributed by atoms with Gasteiger partial charge in [0, 0.05) is 12.6 Å². The van der Waals surface area contributed by atoms with Crippen LogP contribution < -0.4 is 0 Å². The van der Waals surface area contributed by atoms with Crippen molar-refractivity contribution >= 4 is 0 Å². The maximum Gasteiger partial charge on any atom is 0.118 e. The van der Waals surface area contributed by atoms with E-state index in [0.717, 1.165) is 18.4 Å². The lowest BCUT2D eigenvalue weighted by Gasteiger charge is -2.29. The summed E-state index contributed by atoms with van der Waals surface area (Å²) >= 11 is 0. The number of benzene rings is 1. The molecule has 2 rings (SSSR count). The number of para-hydroxylation sites is 1. The van der Waals surface area contributed by atoms with E-state index in [1.165, 1.54) is 24.3 Å². The smallest absolute Gasteiger partial charge is 0.118 e. The topological polar surface area (TPSA) is 43.7 Å². The number of aromatic hydroxyl groups is 1. The highest BCUT2D eigenvalue weighted by molar-refractivity contribution is 5.31. The summed E-state index contributed by atoms with van der Waals surface area (Å²) in [6.07, 6.45) is 6.62. The van der Waals surface area contributed by atoms with Crippen molar-refractivity contribution in [1.29, 1.82) is 0 Å². The van der Waals surface area contributed by atoms with Gasteiger partial charge in [-0.05, 0) is 30.9 Å². The van der Waals surface area contributed by atoms with E-state index in [4.69, 9.17) is 0 Å². The summed E-state index contributed by atoms with van der Waals surface area (Å²) in [7, 11) is 0. The van der Waals surface area contributed by atoms with Crippen molar-refractivity contribution in [2.45, 2.75) is 44.6 Å². The van der Waals surface area contributed by atoms with Crippen LogP contribution in [0.25, 0.3) is 0 Å². The summed E-state index contributed by atoms with van der Waals surface area (Å²) in [4.78, 5) is 0. The highest BCUT2D eigenvalue weighted by Gasteiger charge is 2.19. The monoisotopic (exact) mass is 235 g/mol. The van der Waals surface area contributed by atoms with Crippen LogP contribution in [0.15, 0.2) is 24.3 Å². The van der Waals surface area contributed by atoms with Crippen molar-refractivity contribution in [3.05, 3.63) is 29.8 Å². The number of rotatable bonds is 4. The molecule has 0 unspecified atom stereocenters. The van der Waals surface area contributed by atoms with Crippen LogP contribution in [-0.2, 0) is 6.42 Å². The highest BCUT2D eigenvalue weighted by Crippen LogP contribution is 2.22. The van der Waals surface area contributed by atoms with Gasteiger partial charge in [-0.15, -0.1) is 0 Å². The summed E-state index contributed by atoms with van der Waals surface area (Å²) in [6.45, 7) is 0.599. The zero-order chi connectivity index (χ0) is 12.1. The second-order valence-corrected chi connectivity index (χ2v) is 4.83. The molecule has 3 heteroatoms. The van der Waals surface area contributed by atoms with Gasteiger partial charge in [-0.1, -0.05) is 37.5 Å². The number of hydroxylamine groups is 2. The Labute approximate surface area is 103 Å². The fourth-order valence-electron chi connectivity index (χ4n) is 2.52. The Morgan fingerprint density at radius 3 is 2.53 bits per heavy atom. The predicted octanol–water partition coefficient (Wildman–Crippen LogP) is 2.96. The minimum Gasteiger partial charge on any atom is -0.508 e. The Balaban J connectivity index is 1.83. The average Bonchev–Trinajstić information content (AvgIpc) is 2.38. The average molecular weight is 235 g/mol. The molecule has 0 radical (unpaired) electrons. The largest absolute Gasteiger partial charge is 0.508 e. The number of phenolic OH excluding ortho intramolecular Hbond substituents is 1. The maximum atomic E-state index is 9.98. The molecular formula is C14H21NO2. The van der Waals surface area contributed by atoms with E-state index in [0.29, 0.717) is 24.8 Å². The molecule has 0 atom stereocenters. The first-order valence-corrected chi connectivity index (χ1v) is 6.50. The van der Waals surface area contributed by atoms with Gasteiger partial charge in [0.25, 0.3) is 0 Å². The van der Waals surface area contributed by atoms with Crippen molar-refractivity contribution in [3.63, 3.8) is 0 Å². The molecule has 17 heavy (non-hydrogen) atoms. The van der Waals surface area contributed by atoms with Crippen molar-refractivity contribution in [3.8, 4) is 5.75 Å². The number of phenols is 1. The fourth-order valence-corrected chi connectivity index (χ4v) is 2.52. The van der Waals surface area contributed by atoms with Gasteiger partial charge in [0.05, 0.1) is 0 Å². The number of nitrogens with zero attached hydrogens (tertiary/aromatic N) is 1. The molecule has 0 amide bonds. The van der Waals surface area contributed by atoms with Crippen LogP contribution in [0.2, 0.25) is 0 Å². The van der Waals surface area contributed by atoms with Crippen LogP contribution in [0, 0.1) is 0 Å². The minimum absolute atomic E-state index is 0.314. The van der Waals surface area contributed by atoms with Crippen LogP contribution in [0.1, 0.15) is 37.7 Å². The van der Waals surface area contributed by atoms with Crippen molar-refractivity contribution in [1.82, 2.24) is 5.06 Å². The number of hydrogen-bond acceptors (Lipinski definition) is 3. The predicted molar refractivity (Wildman–Crippen MR) is 67.2 cm³/mol. The van der Waals surface area contributed by atoms with Crippen molar-refractivity contribution in [2.75, 3.05) is 6.54 Å². The first kappa shape index (κ1) is 12.4. The Kier molecular flexibility index (Phi) is 4.40. The zero-order valence-corrected chi connectivity index (χ0v) is 10.2. The molecule has 0 bridgehead atoms. The van der Waals surface area contributed by atoms with Gasteiger partial charge in [0.1, 0.15) is 5.75 Å². The Morgan fingerprint density at radius 2 is 1.82 bits per heavy atom.